The lowest BCUT2D eigenvalue weighted by Crippen LogP contribution is -2.42. The Labute approximate surface area is 128 Å². The number of nitrogens with zero attached hydrogens (tertiary/aromatic N) is 1. The zero-order valence-corrected chi connectivity index (χ0v) is 13.6. The number of halogens is 1. The highest BCUT2D eigenvalue weighted by Gasteiger charge is 2.30. The molecule has 1 saturated carbocycles. The van der Waals surface area contributed by atoms with Crippen molar-refractivity contribution in [3.63, 3.8) is 0 Å². The molecule has 118 valence electrons. The Balaban J connectivity index is 1.90. The Morgan fingerprint density at radius 1 is 1.33 bits per heavy atom. The summed E-state index contributed by atoms with van der Waals surface area (Å²) in [5.74, 6) is 1.95. The Morgan fingerprint density at radius 2 is 2.10 bits per heavy atom. The average Bonchev–Trinajstić information content (AvgIpc) is 2.41. The third kappa shape index (κ3) is 4.79. The molecule has 2 N–H and O–H groups in total. The van der Waals surface area contributed by atoms with Gasteiger partial charge in [0.25, 0.3) is 0 Å². The summed E-state index contributed by atoms with van der Waals surface area (Å²) < 4.78 is 13.2. The quantitative estimate of drug-likeness (QED) is 0.897. The first-order valence-corrected chi connectivity index (χ1v) is 8.14. The second-order valence-corrected chi connectivity index (χ2v) is 7.07. The van der Waals surface area contributed by atoms with Crippen molar-refractivity contribution in [2.75, 3.05) is 13.6 Å². The molecule has 3 heteroatoms. The summed E-state index contributed by atoms with van der Waals surface area (Å²) in [4.78, 5) is 2.28. The Bertz CT molecular complexity index is 447. The average molecular weight is 292 g/mol. The molecule has 0 heterocycles. The van der Waals surface area contributed by atoms with E-state index in [0.717, 1.165) is 36.9 Å². The van der Waals surface area contributed by atoms with Crippen molar-refractivity contribution in [3.05, 3.63) is 35.6 Å². The van der Waals surface area contributed by atoms with Crippen LogP contribution in [0.5, 0.6) is 0 Å². The maximum Gasteiger partial charge on any atom is 0.123 e. The van der Waals surface area contributed by atoms with Crippen LogP contribution in [0.4, 0.5) is 4.39 Å². The van der Waals surface area contributed by atoms with Crippen LogP contribution in [0.2, 0.25) is 0 Å². The summed E-state index contributed by atoms with van der Waals surface area (Å²) in [7, 11) is 2.11. The second-order valence-electron chi connectivity index (χ2n) is 7.07. The van der Waals surface area contributed by atoms with Gasteiger partial charge in [-0.15, -0.1) is 0 Å². The maximum atomic E-state index is 13.2. The van der Waals surface area contributed by atoms with Gasteiger partial charge >= 0.3 is 0 Å². The molecule has 3 atom stereocenters. The Hall–Kier alpha value is -0.930. The van der Waals surface area contributed by atoms with Crippen LogP contribution in [0.3, 0.4) is 0 Å². The number of hydrogen-bond donors (Lipinski definition) is 1. The van der Waals surface area contributed by atoms with Gasteiger partial charge in [-0.2, -0.15) is 0 Å². The molecule has 0 radical (unpaired) electrons. The van der Waals surface area contributed by atoms with Gasteiger partial charge in [0.05, 0.1) is 0 Å². The molecule has 3 unspecified atom stereocenters. The molecule has 2 nitrogen and oxygen atoms in total. The van der Waals surface area contributed by atoms with Crippen LogP contribution < -0.4 is 5.73 Å². The minimum absolute atomic E-state index is 0.157. The van der Waals surface area contributed by atoms with E-state index in [2.05, 4.69) is 25.8 Å². The van der Waals surface area contributed by atoms with Crippen LogP contribution in [0.25, 0.3) is 0 Å². The van der Waals surface area contributed by atoms with Gasteiger partial charge in [-0.3, -0.25) is 0 Å². The monoisotopic (exact) mass is 292 g/mol. The molecule has 1 aliphatic carbocycles. The van der Waals surface area contributed by atoms with Gasteiger partial charge in [-0.05, 0) is 61.8 Å². The van der Waals surface area contributed by atoms with Crippen LogP contribution >= 0.6 is 0 Å². The number of nitrogens with two attached hydrogens (primary N) is 1. The van der Waals surface area contributed by atoms with E-state index in [1.807, 2.05) is 6.07 Å². The molecule has 1 aromatic carbocycles. The van der Waals surface area contributed by atoms with Gasteiger partial charge in [0, 0.05) is 19.1 Å². The normalized spacial score (nSPS) is 26.5. The minimum Gasteiger partial charge on any atom is -0.327 e. The van der Waals surface area contributed by atoms with Crippen molar-refractivity contribution < 1.29 is 4.39 Å². The van der Waals surface area contributed by atoms with E-state index in [1.54, 1.807) is 12.1 Å². The van der Waals surface area contributed by atoms with E-state index in [0.29, 0.717) is 12.0 Å². The molecule has 1 fully saturated rings. The molecule has 1 aliphatic rings. The highest BCUT2D eigenvalue weighted by atomic mass is 19.1. The molecule has 0 aliphatic heterocycles. The van der Waals surface area contributed by atoms with E-state index in [-0.39, 0.29) is 5.82 Å². The first-order valence-electron chi connectivity index (χ1n) is 8.14. The molecule has 0 amide bonds. The van der Waals surface area contributed by atoms with Crippen molar-refractivity contribution in [2.24, 2.45) is 23.5 Å². The summed E-state index contributed by atoms with van der Waals surface area (Å²) in [6, 6.07) is 7.19. The molecule has 1 aromatic rings. The van der Waals surface area contributed by atoms with Crippen LogP contribution in [0, 0.1) is 23.6 Å². The highest BCUT2D eigenvalue weighted by molar-refractivity contribution is 5.16. The van der Waals surface area contributed by atoms with Crippen molar-refractivity contribution >= 4 is 0 Å². The molecule has 2 rings (SSSR count). The molecular weight excluding hydrogens is 263 g/mol. The lowest BCUT2D eigenvalue weighted by Gasteiger charge is -2.38. The molecule has 0 spiro atoms. The van der Waals surface area contributed by atoms with Gasteiger partial charge in [0.1, 0.15) is 5.82 Å². The highest BCUT2D eigenvalue weighted by Crippen LogP contribution is 2.33. The maximum absolute atomic E-state index is 13.2. The first kappa shape index (κ1) is 16.4. The van der Waals surface area contributed by atoms with Crippen molar-refractivity contribution in [3.8, 4) is 0 Å². The summed E-state index contributed by atoms with van der Waals surface area (Å²) in [6.45, 7) is 6.41. The summed E-state index contributed by atoms with van der Waals surface area (Å²) in [6.07, 6.45) is 3.64. The fourth-order valence-corrected chi connectivity index (χ4v) is 3.55. The predicted molar refractivity (Wildman–Crippen MR) is 86.4 cm³/mol. The third-order valence-electron chi connectivity index (χ3n) is 4.91. The molecule has 0 aromatic heterocycles. The van der Waals surface area contributed by atoms with Crippen LogP contribution in [0.1, 0.15) is 38.7 Å². The smallest absolute Gasteiger partial charge is 0.123 e. The van der Waals surface area contributed by atoms with E-state index in [9.17, 15) is 4.39 Å². The topological polar surface area (TPSA) is 29.3 Å². The summed E-state index contributed by atoms with van der Waals surface area (Å²) in [5.41, 5.74) is 7.35. The lowest BCUT2D eigenvalue weighted by molar-refractivity contribution is 0.147. The third-order valence-corrected chi connectivity index (χ3v) is 4.91. The van der Waals surface area contributed by atoms with Crippen LogP contribution in [0.15, 0.2) is 24.3 Å². The van der Waals surface area contributed by atoms with E-state index >= 15 is 0 Å². The van der Waals surface area contributed by atoms with Crippen LogP contribution in [-0.4, -0.2) is 24.5 Å². The molecular formula is C18H29FN2. The van der Waals surface area contributed by atoms with Gasteiger partial charge < -0.3 is 10.6 Å². The van der Waals surface area contributed by atoms with Gasteiger partial charge in [0.2, 0.25) is 0 Å². The largest absolute Gasteiger partial charge is 0.327 e. The van der Waals surface area contributed by atoms with Crippen molar-refractivity contribution in [1.29, 1.82) is 0 Å². The van der Waals surface area contributed by atoms with Gasteiger partial charge in [-0.1, -0.05) is 26.0 Å². The van der Waals surface area contributed by atoms with E-state index in [4.69, 9.17) is 5.73 Å². The Morgan fingerprint density at radius 3 is 2.76 bits per heavy atom. The van der Waals surface area contributed by atoms with Crippen molar-refractivity contribution in [2.45, 2.75) is 45.7 Å². The van der Waals surface area contributed by atoms with Gasteiger partial charge in [0.15, 0.2) is 0 Å². The molecule has 0 saturated heterocycles. The van der Waals surface area contributed by atoms with E-state index in [1.165, 1.54) is 18.9 Å². The zero-order chi connectivity index (χ0) is 15.4. The lowest BCUT2D eigenvalue weighted by atomic mass is 9.74. The summed E-state index contributed by atoms with van der Waals surface area (Å²) >= 11 is 0. The zero-order valence-electron chi connectivity index (χ0n) is 13.6. The fraction of sp³-hybridized carbons (Fsp3) is 0.667. The number of rotatable bonds is 5. The van der Waals surface area contributed by atoms with Crippen LogP contribution in [-0.2, 0) is 6.54 Å². The molecule has 21 heavy (non-hydrogen) atoms. The molecule has 0 bridgehead atoms. The predicted octanol–water partition coefficient (Wildman–Crippen LogP) is 3.66. The van der Waals surface area contributed by atoms with Gasteiger partial charge in [-0.25, -0.2) is 4.39 Å². The number of benzene rings is 1. The SMILES string of the molecule is CC(C)C1CCC(N)C(CN(C)Cc2cccc(F)c2)C1. The van der Waals surface area contributed by atoms with E-state index < -0.39 is 0 Å². The first-order chi connectivity index (χ1) is 9.95. The number of hydrogen-bond acceptors (Lipinski definition) is 2. The standard InChI is InChI=1S/C18H29FN2/c1-13(2)15-7-8-18(20)16(10-15)12-21(3)11-14-5-4-6-17(19)9-14/h4-6,9,13,15-16,18H,7-8,10-12,20H2,1-3H3. The second kappa shape index (κ2) is 7.37. The minimum atomic E-state index is -0.157. The Kier molecular flexibility index (Phi) is 5.77. The summed E-state index contributed by atoms with van der Waals surface area (Å²) in [5, 5.41) is 0. The van der Waals surface area contributed by atoms with Crippen molar-refractivity contribution in [1.82, 2.24) is 4.90 Å². The fourth-order valence-electron chi connectivity index (χ4n) is 3.55.